The van der Waals surface area contributed by atoms with Crippen LogP contribution in [0.3, 0.4) is 0 Å². The standard InChI is InChI=1S/C28H26N6O3/c35-25-8-11-29-24-12-18(15-32-27(24)33-25)2-7-26(36)34-16-21-13-20(14-22(21)17-34)19-3-5-23(6-4-19)37-28-30-9-1-10-31-28/h1-7,9-10,12-13,15,21-22,29H,8,11,14,16-17H2,(H,32,33,35)/b7-2+/t21-,22+/m0/s1. The van der Waals surface area contributed by atoms with Crippen molar-refractivity contribution in [3.05, 3.63) is 78.3 Å². The highest BCUT2D eigenvalue weighted by atomic mass is 16.5. The smallest absolute Gasteiger partial charge is 0.321 e. The number of aromatic nitrogens is 3. The molecule has 2 aromatic heterocycles. The van der Waals surface area contributed by atoms with Crippen molar-refractivity contribution in [2.24, 2.45) is 11.8 Å². The lowest BCUT2D eigenvalue weighted by atomic mass is 9.98. The summed E-state index contributed by atoms with van der Waals surface area (Å²) in [5, 5.41) is 5.98. The molecule has 1 aromatic carbocycles. The summed E-state index contributed by atoms with van der Waals surface area (Å²) >= 11 is 0. The molecular formula is C28H26N6O3. The van der Waals surface area contributed by atoms with Gasteiger partial charge >= 0.3 is 6.01 Å². The van der Waals surface area contributed by atoms with Crippen LogP contribution in [0, 0.1) is 11.8 Å². The number of hydrogen-bond donors (Lipinski definition) is 2. The second kappa shape index (κ2) is 9.85. The average Bonchev–Trinajstić information content (AvgIpc) is 3.43. The van der Waals surface area contributed by atoms with E-state index in [1.165, 1.54) is 11.1 Å². The molecule has 0 spiro atoms. The van der Waals surface area contributed by atoms with Gasteiger partial charge in [-0.25, -0.2) is 15.0 Å². The van der Waals surface area contributed by atoms with Gasteiger partial charge in [0.25, 0.3) is 0 Å². The Labute approximate surface area is 214 Å². The molecule has 3 aromatic rings. The van der Waals surface area contributed by atoms with E-state index in [2.05, 4.69) is 43.8 Å². The zero-order valence-electron chi connectivity index (χ0n) is 20.1. The SMILES string of the molecule is O=C1CCNc2cc(/C=C/C(=O)N3C[C@H]4CC(c5ccc(Oc6ncccn6)cc5)=C[C@H]4C3)cnc2N1. The Morgan fingerprint density at radius 2 is 1.95 bits per heavy atom. The van der Waals surface area contributed by atoms with Crippen molar-refractivity contribution in [2.45, 2.75) is 12.8 Å². The number of carbonyl (C=O) groups is 2. The fraction of sp³-hybridized carbons (Fsp3) is 0.250. The maximum atomic E-state index is 12.9. The first kappa shape index (κ1) is 22.9. The predicted molar refractivity (Wildman–Crippen MR) is 140 cm³/mol. The Morgan fingerprint density at radius 1 is 1.11 bits per heavy atom. The van der Waals surface area contributed by atoms with Gasteiger partial charge in [-0.3, -0.25) is 9.59 Å². The minimum Gasteiger partial charge on any atom is -0.424 e. The molecule has 0 unspecified atom stereocenters. The highest BCUT2D eigenvalue weighted by Gasteiger charge is 2.37. The molecule has 1 saturated heterocycles. The van der Waals surface area contributed by atoms with Crippen LogP contribution in [0.25, 0.3) is 11.6 Å². The number of likely N-dealkylation sites (tertiary alicyclic amines) is 1. The van der Waals surface area contributed by atoms with Crippen LogP contribution in [0.2, 0.25) is 0 Å². The van der Waals surface area contributed by atoms with Crippen molar-refractivity contribution in [2.75, 3.05) is 30.3 Å². The molecule has 2 amide bonds. The lowest BCUT2D eigenvalue weighted by molar-refractivity contribution is -0.125. The van der Waals surface area contributed by atoms with Gasteiger partial charge in [0.2, 0.25) is 11.8 Å². The molecule has 4 heterocycles. The lowest BCUT2D eigenvalue weighted by Crippen LogP contribution is -2.27. The number of nitrogens with one attached hydrogen (secondary N) is 2. The molecule has 9 heteroatoms. The second-order valence-electron chi connectivity index (χ2n) is 9.44. The number of rotatable bonds is 5. The number of ether oxygens (including phenoxy) is 1. The van der Waals surface area contributed by atoms with Gasteiger partial charge in [-0.2, -0.15) is 0 Å². The molecule has 9 nitrogen and oxygen atoms in total. The van der Waals surface area contributed by atoms with Crippen LogP contribution in [0.5, 0.6) is 11.8 Å². The molecule has 0 bridgehead atoms. The highest BCUT2D eigenvalue weighted by molar-refractivity contribution is 5.95. The summed E-state index contributed by atoms with van der Waals surface area (Å²) in [6.45, 7) is 2.02. The number of benzene rings is 1. The van der Waals surface area contributed by atoms with Crippen LogP contribution in [-0.4, -0.2) is 51.3 Å². The maximum absolute atomic E-state index is 12.9. The molecule has 2 aliphatic heterocycles. The van der Waals surface area contributed by atoms with Gasteiger partial charge in [0.15, 0.2) is 5.82 Å². The first-order valence-corrected chi connectivity index (χ1v) is 12.4. The topological polar surface area (TPSA) is 109 Å². The molecule has 37 heavy (non-hydrogen) atoms. The summed E-state index contributed by atoms with van der Waals surface area (Å²) in [6, 6.07) is 12.0. The average molecular weight is 495 g/mol. The maximum Gasteiger partial charge on any atom is 0.321 e. The van der Waals surface area contributed by atoms with Crippen molar-refractivity contribution >= 4 is 35.0 Å². The number of hydrogen-bond acceptors (Lipinski definition) is 7. The number of amides is 2. The molecule has 186 valence electrons. The molecule has 2 atom stereocenters. The molecule has 3 aliphatic rings. The molecule has 1 fully saturated rings. The lowest BCUT2D eigenvalue weighted by Gasteiger charge is -2.15. The van der Waals surface area contributed by atoms with Crippen molar-refractivity contribution in [3.8, 4) is 11.8 Å². The minimum atomic E-state index is -0.0572. The zero-order valence-corrected chi connectivity index (χ0v) is 20.1. The van der Waals surface area contributed by atoms with Crippen molar-refractivity contribution < 1.29 is 14.3 Å². The van der Waals surface area contributed by atoms with Gasteiger partial charge in [0.05, 0.1) is 5.69 Å². The monoisotopic (exact) mass is 494 g/mol. The Balaban J connectivity index is 1.06. The van der Waals surface area contributed by atoms with E-state index in [0.717, 1.165) is 30.8 Å². The number of carbonyl (C=O) groups excluding carboxylic acids is 2. The fourth-order valence-corrected chi connectivity index (χ4v) is 5.07. The fourth-order valence-electron chi connectivity index (χ4n) is 5.07. The summed E-state index contributed by atoms with van der Waals surface area (Å²) in [7, 11) is 0. The zero-order chi connectivity index (χ0) is 25.2. The predicted octanol–water partition coefficient (Wildman–Crippen LogP) is 3.99. The number of nitrogens with zero attached hydrogens (tertiary/aromatic N) is 4. The number of fused-ring (bicyclic) bond motifs is 2. The molecule has 2 N–H and O–H groups in total. The van der Waals surface area contributed by atoms with E-state index < -0.39 is 0 Å². The van der Waals surface area contributed by atoms with Gasteiger partial charge in [-0.1, -0.05) is 18.2 Å². The van der Waals surface area contributed by atoms with E-state index in [9.17, 15) is 9.59 Å². The highest BCUT2D eigenvalue weighted by Crippen LogP contribution is 2.41. The normalized spacial score (nSPS) is 20.5. The molecule has 6 rings (SSSR count). The Hall–Kier alpha value is -4.53. The number of allylic oxidation sites excluding steroid dienone is 1. The quantitative estimate of drug-likeness (QED) is 0.516. The van der Waals surface area contributed by atoms with Gasteiger partial charge in [0, 0.05) is 50.7 Å². The largest absolute Gasteiger partial charge is 0.424 e. The summed E-state index contributed by atoms with van der Waals surface area (Å²) in [6.07, 6.45) is 12.0. The summed E-state index contributed by atoms with van der Waals surface area (Å²) < 4.78 is 5.69. The van der Waals surface area contributed by atoms with Crippen LogP contribution in [0.4, 0.5) is 11.5 Å². The summed E-state index contributed by atoms with van der Waals surface area (Å²) in [4.78, 5) is 39.0. The third-order valence-electron chi connectivity index (χ3n) is 6.93. The number of anilines is 2. The first-order valence-electron chi connectivity index (χ1n) is 12.4. The minimum absolute atomic E-state index is 0.00480. The Morgan fingerprint density at radius 3 is 2.76 bits per heavy atom. The van der Waals surface area contributed by atoms with E-state index >= 15 is 0 Å². The molecule has 0 saturated carbocycles. The molecule has 0 radical (unpaired) electrons. The third-order valence-corrected chi connectivity index (χ3v) is 6.93. The van der Waals surface area contributed by atoms with Crippen molar-refractivity contribution in [1.29, 1.82) is 0 Å². The van der Waals surface area contributed by atoms with E-state index in [0.29, 0.717) is 42.4 Å². The van der Waals surface area contributed by atoms with E-state index in [1.807, 2.05) is 23.1 Å². The van der Waals surface area contributed by atoms with Gasteiger partial charge < -0.3 is 20.3 Å². The van der Waals surface area contributed by atoms with Crippen LogP contribution >= 0.6 is 0 Å². The van der Waals surface area contributed by atoms with E-state index in [4.69, 9.17) is 4.74 Å². The van der Waals surface area contributed by atoms with E-state index in [-0.39, 0.29) is 11.8 Å². The number of pyridine rings is 1. The Kier molecular flexibility index (Phi) is 6.10. The summed E-state index contributed by atoms with van der Waals surface area (Å²) in [5.41, 5.74) is 4.06. The van der Waals surface area contributed by atoms with Gasteiger partial charge in [0.1, 0.15) is 5.75 Å². The Bertz CT molecular complexity index is 1390. The summed E-state index contributed by atoms with van der Waals surface area (Å²) in [5.74, 6) is 1.96. The van der Waals surface area contributed by atoms with Crippen LogP contribution in [-0.2, 0) is 9.59 Å². The molecular weight excluding hydrogens is 468 g/mol. The van der Waals surface area contributed by atoms with Gasteiger partial charge in [-0.05, 0) is 65.3 Å². The van der Waals surface area contributed by atoms with E-state index in [1.54, 1.807) is 36.8 Å². The van der Waals surface area contributed by atoms with Crippen molar-refractivity contribution in [3.63, 3.8) is 0 Å². The van der Waals surface area contributed by atoms with Crippen molar-refractivity contribution in [1.82, 2.24) is 19.9 Å². The second-order valence-corrected chi connectivity index (χ2v) is 9.44. The van der Waals surface area contributed by atoms with Crippen LogP contribution < -0.4 is 15.4 Å². The third kappa shape index (κ3) is 5.06. The van der Waals surface area contributed by atoms with Gasteiger partial charge in [-0.15, -0.1) is 0 Å². The van der Waals surface area contributed by atoms with Crippen LogP contribution in [0.1, 0.15) is 24.0 Å². The first-order chi connectivity index (χ1) is 18.1. The van der Waals surface area contributed by atoms with Crippen LogP contribution in [0.15, 0.2) is 67.1 Å². The molecule has 1 aliphatic carbocycles.